The van der Waals surface area contributed by atoms with E-state index in [2.05, 4.69) is 14.9 Å². The molecule has 0 aliphatic rings. The van der Waals surface area contributed by atoms with Crippen molar-refractivity contribution < 1.29 is 22.3 Å². The van der Waals surface area contributed by atoms with Crippen LogP contribution in [0, 0.1) is 5.82 Å². The van der Waals surface area contributed by atoms with Crippen LogP contribution in [0.15, 0.2) is 59.5 Å². The summed E-state index contributed by atoms with van der Waals surface area (Å²) in [6.45, 7) is 0. The molecule has 0 aliphatic carbocycles. The number of sulfonamides is 1. The number of nitrogens with zero attached hydrogens (tertiary/aromatic N) is 2. The van der Waals surface area contributed by atoms with E-state index < -0.39 is 15.8 Å². The number of nitrogens with one attached hydrogen (secondary N) is 1. The second-order valence-corrected chi connectivity index (χ2v) is 7.09. The number of hydrogen-bond acceptors (Lipinski definition) is 6. The summed E-state index contributed by atoms with van der Waals surface area (Å²) in [6, 6.07) is 13.2. The van der Waals surface area contributed by atoms with E-state index in [-0.39, 0.29) is 16.3 Å². The molecule has 0 saturated heterocycles. The summed E-state index contributed by atoms with van der Waals surface area (Å²) in [6.07, 6.45) is 0. The Labute approximate surface area is 155 Å². The zero-order valence-electron chi connectivity index (χ0n) is 14.5. The van der Waals surface area contributed by atoms with Crippen molar-refractivity contribution >= 4 is 15.7 Å². The van der Waals surface area contributed by atoms with Gasteiger partial charge in [0.15, 0.2) is 0 Å². The van der Waals surface area contributed by atoms with Crippen molar-refractivity contribution in [2.45, 2.75) is 4.90 Å². The molecule has 0 saturated carbocycles. The summed E-state index contributed by atoms with van der Waals surface area (Å²) in [5.41, 5.74) is 1.48. The van der Waals surface area contributed by atoms with Gasteiger partial charge in [-0.2, -0.15) is 0 Å². The lowest BCUT2D eigenvalue weighted by molar-refractivity contribution is 0.392. The molecule has 0 fully saturated rings. The summed E-state index contributed by atoms with van der Waals surface area (Å²) in [5, 5.41) is 7.92. The van der Waals surface area contributed by atoms with Gasteiger partial charge in [-0.25, -0.2) is 12.8 Å². The Balaban J connectivity index is 1.92. The van der Waals surface area contributed by atoms with Gasteiger partial charge < -0.3 is 9.47 Å². The SMILES string of the molecule is COc1ccc(-c2cccc(NS(=O)(=O)c3cc(F)ccc3OC)c2)nn1. The maximum absolute atomic E-state index is 13.5. The molecule has 3 aromatic rings. The lowest BCUT2D eigenvalue weighted by Crippen LogP contribution is -2.14. The van der Waals surface area contributed by atoms with Crippen LogP contribution in [0.3, 0.4) is 0 Å². The smallest absolute Gasteiger partial charge is 0.265 e. The summed E-state index contributed by atoms with van der Waals surface area (Å²) >= 11 is 0. The van der Waals surface area contributed by atoms with Crippen LogP contribution in [0.5, 0.6) is 11.6 Å². The molecular formula is C18H16FN3O4S. The van der Waals surface area contributed by atoms with Gasteiger partial charge in [-0.1, -0.05) is 12.1 Å². The first-order valence-corrected chi connectivity index (χ1v) is 9.26. The number of benzene rings is 2. The zero-order chi connectivity index (χ0) is 19.4. The van der Waals surface area contributed by atoms with Crippen LogP contribution in [0.1, 0.15) is 0 Å². The van der Waals surface area contributed by atoms with Crippen molar-refractivity contribution in [3.05, 3.63) is 60.4 Å². The van der Waals surface area contributed by atoms with Crippen LogP contribution in [0.4, 0.5) is 10.1 Å². The standard InChI is InChI=1S/C18H16FN3O4S/c1-25-16-8-6-13(19)11-17(16)27(23,24)22-14-5-3-4-12(10-14)15-7-9-18(26-2)21-20-15/h3-11,22H,1-2H3. The van der Waals surface area contributed by atoms with E-state index in [4.69, 9.17) is 9.47 Å². The highest BCUT2D eigenvalue weighted by Gasteiger charge is 2.21. The van der Waals surface area contributed by atoms with Crippen molar-refractivity contribution in [1.29, 1.82) is 0 Å². The van der Waals surface area contributed by atoms with E-state index in [1.54, 1.807) is 36.4 Å². The molecule has 1 aromatic heterocycles. The molecule has 140 valence electrons. The van der Waals surface area contributed by atoms with Crippen LogP contribution >= 0.6 is 0 Å². The van der Waals surface area contributed by atoms with Gasteiger partial charge >= 0.3 is 0 Å². The van der Waals surface area contributed by atoms with Gasteiger partial charge in [0.25, 0.3) is 10.0 Å². The highest BCUT2D eigenvalue weighted by molar-refractivity contribution is 7.92. The van der Waals surface area contributed by atoms with Crippen LogP contribution in [-0.2, 0) is 10.0 Å². The predicted molar refractivity (Wildman–Crippen MR) is 97.8 cm³/mol. The summed E-state index contributed by atoms with van der Waals surface area (Å²) in [4.78, 5) is -0.292. The average Bonchev–Trinajstić information content (AvgIpc) is 2.68. The first kappa shape index (κ1) is 18.6. The van der Waals surface area contributed by atoms with E-state index in [1.165, 1.54) is 20.3 Å². The normalized spacial score (nSPS) is 11.1. The molecule has 3 rings (SSSR count). The number of hydrogen-bond donors (Lipinski definition) is 1. The first-order valence-electron chi connectivity index (χ1n) is 7.77. The van der Waals surface area contributed by atoms with Crippen molar-refractivity contribution in [1.82, 2.24) is 10.2 Å². The van der Waals surface area contributed by atoms with Crippen molar-refractivity contribution in [3.63, 3.8) is 0 Å². The van der Waals surface area contributed by atoms with E-state index >= 15 is 0 Å². The quantitative estimate of drug-likeness (QED) is 0.697. The zero-order valence-corrected chi connectivity index (χ0v) is 15.3. The Morgan fingerprint density at radius 1 is 0.963 bits per heavy atom. The lowest BCUT2D eigenvalue weighted by Gasteiger charge is -2.12. The molecule has 0 spiro atoms. The molecule has 7 nitrogen and oxygen atoms in total. The molecule has 2 aromatic carbocycles. The monoisotopic (exact) mass is 389 g/mol. The molecule has 0 radical (unpaired) electrons. The minimum absolute atomic E-state index is 0.0427. The summed E-state index contributed by atoms with van der Waals surface area (Å²) in [7, 11) is -1.26. The average molecular weight is 389 g/mol. The van der Waals surface area contributed by atoms with E-state index in [0.717, 1.165) is 12.1 Å². The van der Waals surface area contributed by atoms with Crippen molar-refractivity contribution in [3.8, 4) is 22.9 Å². The fraction of sp³-hybridized carbons (Fsp3) is 0.111. The minimum Gasteiger partial charge on any atom is -0.495 e. The Kier molecular flexibility index (Phi) is 5.22. The van der Waals surface area contributed by atoms with Crippen molar-refractivity contribution in [2.75, 3.05) is 18.9 Å². The maximum atomic E-state index is 13.5. The molecule has 0 amide bonds. The third kappa shape index (κ3) is 4.14. The van der Waals surface area contributed by atoms with Crippen molar-refractivity contribution in [2.24, 2.45) is 0 Å². The van der Waals surface area contributed by atoms with Gasteiger partial charge in [0.2, 0.25) is 5.88 Å². The number of anilines is 1. The molecule has 27 heavy (non-hydrogen) atoms. The summed E-state index contributed by atoms with van der Waals surface area (Å²) < 4.78 is 51.3. The Hall–Kier alpha value is -3.20. The number of ether oxygens (including phenoxy) is 2. The topological polar surface area (TPSA) is 90.4 Å². The van der Waals surface area contributed by atoms with Gasteiger partial charge in [-0.15, -0.1) is 10.2 Å². The van der Waals surface area contributed by atoms with Crippen LogP contribution < -0.4 is 14.2 Å². The van der Waals surface area contributed by atoms with E-state index in [1.807, 2.05) is 0 Å². The fourth-order valence-corrected chi connectivity index (χ4v) is 3.63. The Morgan fingerprint density at radius 3 is 2.44 bits per heavy atom. The van der Waals surface area contributed by atoms with E-state index in [0.29, 0.717) is 17.1 Å². The largest absolute Gasteiger partial charge is 0.495 e. The highest BCUT2D eigenvalue weighted by Crippen LogP contribution is 2.28. The number of aromatic nitrogens is 2. The van der Waals surface area contributed by atoms with E-state index in [9.17, 15) is 12.8 Å². The summed E-state index contributed by atoms with van der Waals surface area (Å²) in [5.74, 6) is -0.270. The lowest BCUT2D eigenvalue weighted by atomic mass is 10.1. The molecule has 0 atom stereocenters. The predicted octanol–water partition coefficient (Wildman–Crippen LogP) is 3.10. The molecule has 0 bridgehead atoms. The highest BCUT2D eigenvalue weighted by atomic mass is 32.2. The van der Waals surface area contributed by atoms with Gasteiger partial charge in [-0.3, -0.25) is 4.72 Å². The molecule has 0 aliphatic heterocycles. The second-order valence-electron chi connectivity index (χ2n) is 5.44. The minimum atomic E-state index is -4.06. The van der Waals surface area contributed by atoms with Gasteiger partial charge in [0, 0.05) is 17.3 Å². The molecule has 1 N–H and O–H groups in total. The molecular weight excluding hydrogens is 373 g/mol. The maximum Gasteiger partial charge on any atom is 0.265 e. The fourth-order valence-electron chi connectivity index (χ4n) is 2.40. The van der Waals surface area contributed by atoms with Gasteiger partial charge in [0.05, 0.1) is 19.9 Å². The van der Waals surface area contributed by atoms with Crippen LogP contribution in [0.2, 0.25) is 0 Å². The number of halogens is 1. The second kappa shape index (κ2) is 7.58. The molecule has 1 heterocycles. The molecule has 9 heteroatoms. The van der Waals surface area contributed by atoms with Gasteiger partial charge in [-0.05, 0) is 36.4 Å². The third-order valence-corrected chi connectivity index (χ3v) is 5.08. The molecule has 0 unspecified atom stereocenters. The van der Waals surface area contributed by atoms with Crippen LogP contribution in [-0.4, -0.2) is 32.8 Å². The Morgan fingerprint density at radius 2 is 1.78 bits per heavy atom. The van der Waals surface area contributed by atoms with Gasteiger partial charge in [0.1, 0.15) is 16.5 Å². The Bertz CT molecular complexity index is 1060. The van der Waals surface area contributed by atoms with Crippen LogP contribution in [0.25, 0.3) is 11.3 Å². The first-order chi connectivity index (χ1) is 12.9. The number of rotatable bonds is 6. The number of methoxy groups -OCH3 is 2. The third-order valence-electron chi connectivity index (χ3n) is 3.67.